The monoisotopic (exact) mass is 563 g/mol. The number of ether oxygens (including phenoxy) is 1. The number of halogens is 3. The molecule has 2 aromatic heterocycles. The molecule has 1 unspecified atom stereocenters. The summed E-state index contributed by atoms with van der Waals surface area (Å²) in [7, 11) is 1.64. The molecule has 0 radical (unpaired) electrons. The van der Waals surface area contributed by atoms with E-state index in [9.17, 15) is 23.1 Å². The molecule has 1 amide bonds. The zero-order valence-corrected chi connectivity index (χ0v) is 22.0. The summed E-state index contributed by atoms with van der Waals surface area (Å²) >= 11 is 0. The maximum atomic E-state index is 12.5. The second kappa shape index (κ2) is 13.5. The Morgan fingerprint density at radius 3 is 2.60 bits per heavy atom. The summed E-state index contributed by atoms with van der Waals surface area (Å²) < 4.78 is 43.2. The van der Waals surface area contributed by atoms with E-state index < -0.39 is 12.6 Å². The number of piperazine rings is 1. The molecule has 1 aliphatic heterocycles. The zero-order chi connectivity index (χ0) is 28.5. The minimum Gasteiger partial charge on any atom is -0.406 e. The van der Waals surface area contributed by atoms with Gasteiger partial charge in [0, 0.05) is 44.5 Å². The first-order chi connectivity index (χ1) is 19.2. The molecule has 1 aromatic carbocycles. The van der Waals surface area contributed by atoms with Crippen molar-refractivity contribution >= 4 is 17.4 Å². The molecule has 1 saturated heterocycles. The maximum absolute atomic E-state index is 12.5. The highest BCUT2D eigenvalue weighted by Crippen LogP contribution is 2.27. The van der Waals surface area contributed by atoms with Crippen LogP contribution in [0.15, 0.2) is 42.6 Å². The maximum Gasteiger partial charge on any atom is 0.573 e. The number of hydrogen-bond donors (Lipinski definition) is 3. The van der Waals surface area contributed by atoms with E-state index in [0.717, 1.165) is 25.0 Å². The molecular formula is C25H32F3N9O3. The third-order valence-corrected chi connectivity index (χ3v) is 6.32. The largest absolute Gasteiger partial charge is 0.573 e. The summed E-state index contributed by atoms with van der Waals surface area (Å²) in [5, 5.41) is 31.4. The third-order valence-electron chi connectivity index (χ3n) is 6.32. The van der Waals surface area contributed by atoms with Crippen LogP contribution in [0.1, 0.15) is 30.5 Å². The van der Waals surface area contributed by atoms with E-state index in [1.54, 1.807) is 30.1 Å². The average molecular weight is 564 g/mol. The quantitative estimate of drug-likeness (QED) is 0.222. The van der Waals surface area contributed by atoms with Crippen molar-refractivity contribution in [2.75, 3.05) is 50.0 Å². The molecule has 3 aromatic rings. The van der Waals surface area contributed by atoms with E-state index in [1.165, 1.54) is 18.2 Å². The van der Waals surface area contributed by atoms with E-state index in [2.05, 4.69) is 35.9 Å². The molecular weight excluding hydrogens is 531 g/mol. The Kier molecular flexibility index (Phi) is 9.84. The molecule has 0 spiro atoms. The first-order valence-corrected chi connectivity index (χ1v) is 12.9. The molecule has 40 heavy (non-hydrogen) atoms. The van der Waals surface area contributed by atoms with Crippen LogP contribution in [0.3, 0.4) is 0 Å². The Morgan fingerprint density at radius 1 is 1.10 bits per heavy atom. The number of aromatic nitrogens is 5. The molecule has 4 rings (SSSR count). The summed E-state index contributed by atoms with van der Waals surface area (Å²) in [4.78, 5) is 16.4. The van der Waals surface area contributed by atoms with Crippen molar-refractivity contribution in [2.24, 2.45) is 0 Å². The number of carbonyl (C=O) groups excluding carboxylic acids is 1. The van der Waals surface area contributed by atoms with Gasteiger partial charge in [0.25, 0.3) is 0 Å². The van der Waals surface area contributed by atoms with Gasteiger partial charge in [0.2, 0.25) is 5.91 Å². The average Bonchev–Trinajstić information content (AvgIpc) is 3.40. The number of nitrogens with one attached hydrogen (secondary N) is 2. The lowest BCUT2D eigenvalue weighted by Crippen LogP contribution is -2.48. The van der Waals surface area contributed by atoms with Crippen molar-refractivity contribution in [1.82, 2.24) is 35.4 Å². The van der Waals surface area contributed by atoms with E-state index in [1.807, 2.05) is 15.9 Å². The number of carbonyl (C=O) groups is 1. The van der Waals surface area contributed by atoms with Gasteiger partial charge in [0.1, 0.15) is 11.4 Å². The van der Waals surface area contributed by atoms with Gasteiger partial charge in [-0.2, -0.15) is 5.10 Å². The number of aryl methyl sites for hydroxylation is 2. The van der Waals surface area contributed by atoms with Crippen molar-refractivity contribution in [3.05, 3.63) is 54.0 Å². The van der Waals surface area contributed by atoms with Gasteiger partial charge in [0.15, 0.2) is 12.0 Å². The van der Waals surface area contributed by atoms with Crippen molar-refractivity contribution in [3.8, 4) is 5.75 Å². The number of benzene rings is 1. The van der Waals surface area contributed by atoms with Gasteiger partial charge >= 0.3 is 6.36 Å². The van der Waals surface area contributed by atoms with Crippen LogP contribution in [0.4, 0.5) is 24.7 Å². The molecule has 1 atom stereocenters. The SMILES string of the molecule is CNC(O)c1cn(CCCCc2ccc(NC(=O)CN3CCN(c4cccc(OC(F)(F)F)c4)CC3)nn2)nn1. The van der Waals surface area contributed by atoms with Crippen molar-refractivity contribution in [2.45, 2.75) is 38.4 Å². The van der Waals surface area contributed by atoms with Crippen LogP contribution in [-0.2, 0) is 17.8 Å². The molecule has 1 aliphatic rings. The molecule has 0 aliphatic carbocycles. The predicted octanol–water partition coefficient (Wildman–Crippen LogP) is 1.96. The van der Waals surface area contributed by atoms with E-state index in [0.29, 0.717) is 49.9 Å². The van der Waals surface area contributed by atoms with Crippen LogP contribution in [0.5, 0.6) is 5.75 Å². The Hall–Kier alpha value is -3.82. The number of hydrogen-bond acceptors (Lipinski definition) is 10. The molecule has 3 heterocycles. The van der Waals surface area contributed by atoms with Crippen molar-refractivity contribution < 1.29 is 27.8 Å². The van der Waals surface area contributed by atoms with Crippen molar-refractivity contribution in [1.29, 1.82) is 0 Å². The van der Waals surface area contributed by atoms with Crippen LogP contribution in [-0.4, -0.2) is 87.2 Å². The highest BCUT2D eigenvalue weighted by Gasteiger charge is 2.31. The van der Waals surface area contributed by atoms with Gasteiger partial charge in [-0.15, -0.1) is 23.4 Å². The third kappa shape index (κ3) is 8.86. The molecule has 216 valence electrons. The lowest BCUT2D eigenvalue weighted by Gasteiger charge is -2.35. The summed E-state index contributed by atoms with van der Waals surface area (Å²) in [6, 6.07) is 9.43. The van der Waals surface area contributed by atoms with Gasteiger partial charge in [-0.1, -0.05) is 11.3 Å². The molecule has 3 N–H and O–H groups in total. The fraction of sp³-hybridized carbons (Fsp3) is 0.480. The van der Waals surface area contributed by atoms with Gasteiger partial charge < -0.3 is 20.1 Å². The smallest absolute Gasteiger partial charge is 0.406 e. The highest BCUT2D eigenvalue weighted by molar-refractivity contribution is 5.91. The molecule has 1 fully saturated rings. The van der Waals surface area contributed by atoms with E-state index in [4.69, 9.17) is 0 Å². The number of rotatable bonds is 12. The molecule has 15 heteroatoms. The molecule has 0 saturated carbocycles. The second-order valence-corrected chi connectivity index (χ2v) is 9.32. The number of nitrogens with zero attached hydrogens (tertiary/aromatic N) is 7. The van der Waals surface area contributed by atoms with Crippen LogP contribution in [0.25, 0.3) is 0 Å². The van der Waals surface area contributed by atoms with Gasteiger partial charge in [-0.05, 0) is 50.6 Å². The number of alkyl halides is 3. The molecule has 12 nitrogen and oxygen atoms in total. The number of anilines is 2. The minimum atomic E-state index is -4.74. The van der Waals surface area contributed by atoms with Gasteiger partial charge in [0.05, 0.1) is 18.4 Å². The van der Waals surface area contributed by atoms with Crippen LogP contribution in [0.2, 0.25) is 0 Å². The Bertz CT molecular complexity index is 1230. The summed E-state index contributed by atoms with van der Waals surface area (Å²) in [6.45, 7) is 3.12. The van der Waals surface area contributed by atoms with Crippen molar-refractivity contribution in [3.63, 3.8) is 0 Å². The summed E-state index contributed by atoms with van der Waals surface area (Å²) in [5.41, 5.74) is 1.92. The normalized spacial score (nSPS) is 15.2. The first-order valence-electron chi connectivity index (χ1n) is 12.9. The lowest BCUT2D eigenvalue weighted by atomic mass is 10.2. The zero-order valence-electron chi connectivity index (χ0n) is 22.0. The number of amides is 1. The number of aliphatic hydroxyl groups excluding tert-OH is 1. The Labute approximate surface area is 229 Å². The summed E-state index contributed by atoms with van der Waals surface area (Å²) in [5.74, 6) is -0.107. The predicted molar refractivity (Wildman–Crippen MR) is 139 cm³/mol. The minimum absolute atomic E-state index is 0.170. The number of aliphatic hydroxyl groups is 1. The van der Waals surface area contributed by atoms with Crippen LogP contribution >= 0.6 is 0 Å². The van der Waals surface area contributed by atoms with E-state index >= 15 is 0 Å². The van der Waals surface area contributed by atoms with Crippen LogP contribution < -0.4 is 20.3 Å². The Balaban J connectivity index is 1.15. The summed E-state index contributed by atoms with van der Waals surface area (Å²) in [6.07, 6.45) is -1.45. The first kappa shape index (κ1) is 29.2. The number of unbranched alkanes of at least 4 members (excludes halogenated alkanes) is 1. The lowest BCUT2D eigenvalue weighted by molar-refractivity contribution is -0.274. The van der Waals surface area contributed by atoms with E-state index in [-0.39, 0.29) is 18.2 Å². The van der Waals surface area contributed by atoms with Crippen LogP contribution in [0, 0.1) is 0 Å². The van der Waals surface area contributed by atoms with Gasteiger partial charge in [-0.3, -0.25) is 19.7 Å². The topological polar surface area (TPSA) is 134 Å². The van der Waals surface area contributed by atoms with Gasteiger partial charge in [-0.25, -0.2) is 0 Å². The fourth-order valence-electron chi connectivity index (χ4n) is 4.26. The standard InChI is InChI=1S/C25H32F3N9O3/c1-29-24(39)21-16-37(34-32-21)10-3-2-5-18-8-9-22(33-31-18)30-23(38)17-35-11-13-36(14-12-35)19-6-4-7-20(15-19)40-25(26,27)28/h4,6-9,15-16,24,29,39H,2-3,5,10-14,17H2,1H3,(H,30,33,38). The fourth-order valence-corrected chi connectivity index (χ4v) is 4.26. The molecule has 0 bridgehead atoms. The second-order valence-electron chi connectivity index (χ2n) is 9.32. The Morgan fingerprint density at radius 2 is 1.90 bits per heavy atom. The highest BCUT2D eigenvalue weighted by atomic mass is 19.4.